The van der Waals surface area contributed by atoms with E-state index in [1.54, 1.807) is 6.20 Å². The minimum absolute atomic E-state index is 0.0243. The average Bonchev–Trinajstić information content (AvgIpc) is 3.19. The number of benzene rings is 1. The van der Waals surface area contributed by atoms with Crippen LogP contribution in [0.5, 0.6) is 0 Å². The summed E-state index contributed by atoms with van der Waals surface area (Å²) in [5, 5.41) is 14.4. The lowest BCUT2D eigenvalue weighted by Crippen LogP contribution is -2.32. The molecule has 0 radical (unpaired) electrons. The van der Waals surface area contributed by atoms with Crippen LogP contribution in [0.1, 0.15) is 34.7 Å². The molecular weight excluding hydrogens is 404 g/mol. The van der Waals surface area contributed by atoms with E-state index in [0.29, 0.717) is 16.7 Å². The minimum atomic E-state index is -0.101. The quantitative estimate of drug-likeness (QED) is 0.601. The third-order valence-corrected chi connectivity index (χ3v) is 6.09. The van der Waals surface area contributed by atoms with Crippen LogP contribution in [0.2, 0.25) is 5.02 Å². The third-order valence-electron chi connectivity index (χ3n) is 5.42. The molecule has 1 aliphatic rings. The SMILES string of the molecule is Cc1cc([C@@H]2[C@H](c3ccccn3)NC(=S)N2CCO)c(C)n1-c1ccccc1Cl. The number of halogens is 1. The smallest absolute Gasteiger partial charge is 0.170 e. The van der Waals surface area contributed by atoms with Gasteiger partial charge in [0.1, 0.15) is 0 Å². The summed E-state index contributed by atoms with van der Waals surface area (Å²) in [5.74, 6) is 0. The molecule has 0 amide bonds. The molecule has 1 saturated heterocycles. The molecule has 3 aromatic rings. The van der Waals surface area contributed by atoms with Crippen LogP contribution >= 0.6 is 23.8 Å². The van der Waals surface area contributed by atoms with Crippen molar-refractivity contribution >= 4 is 28.9 Å². The Morgan fingerprint density at radius 3 is 2.62 bits per heavy atom. The zero-order valence-electron chi connectivity index (χ0n) is 16.3. The monoisotopic (exact) mass is 426 g/mol. The van der Waals surface area contributed by atoms with Gasteiger partial charge in [-0.05, 0) is 62.0 Å². The molecule has 1 fully saturated rings. The molecule has 29 heavy (non-hydrogen) atoms. The van der Waals surface area contributed by atoms with Crippen molar-refractivity contribution in [2.45, 2.75) is 25.9 Å². The number of rotatable bonds is 5. The Balaban J connectivity index is 1.85. The first-order valence-electron chi connectivity index (χ1n) is 9.55. The Labute approximate surface area is 180 Å². The molecule has 150 valence electrons. The number of aromatic nitrogens is 2. The second kappa shape index (κ2) is 8.14. The fourth-order valence-electron chi connectivity index (χ4n) is 4.18. The van der Waals surface area contributed by atoms with E-state index >= 15 is 0 Å². The first kappa shape index (κ1) is 19.9. The van der Waals surface area contributed by atoms with Gasteiger partial charge in [-0.2, -0.15) is 0 Å². The topological polar surface area (TPSA) is 53.3 Å². The van der Waals surface area contributed by atoms with E-state index in [9.17, 15) is 5.11 Å². The fraction of sp³-hybridized carbons (Fsp3) is 0.273. The Hall–Kier alpha value is -2.41. The number of hydrogen-bond acceptors (Lipinski definition) is 3. The molecule has 0 bridgehead atoms. The number of nitrogens with zero attached hydrogens (tertiary/aromatic N) is 3. The highest BCUT2D eigenvalue weighted by molar-refractivity contribution is 7.80. The van der Waals surface area contributed by atoms with E-state index in [1.165, 1.54) is 0 Å². The van der Waals surface area contributed by atoms with E-state index in [4.69, 9.17) is 23.8 Å². The van der Waals surface area contributed by atoms with Crippen LogP contribution < -0.4 is 5.32 Å². The number of aryl methyl sites for hydroxylation is 1. The lowest BCUT2D eigenvalue weighted by molar-refractivity contribution is 0.223. The highest BCUT2D eigenvalue weighted by atomic mass is 35.5. The second-order valence-corrected chi connectivity index (χ2v) is 7.95. The third kappa shape index (κ3) is 3.52. The molecular formula is C22H23ClN4OS. The minimum Gasteiger partial charge on any atom is -0.395 e. The molecule has 2 N–H and O–H groups in total. The van der Waals surface area contributed by atoms with Crippen molar-refractivity contribution in [1.82, 2.24) is 19.8 Å². The Morgan fingerprint density at radius 1 is 1.17 bits per heavy atom. The normalized spacial score (nSPS) is 18.9. The maximum absolute atomic E-state index is 9.64. The zero-order chi connectivity index (χ0) is 20.5. The first-order chi connectivity index (χ1) is 14.0. The summed E-state index contributed by atoms with van der Waals surface area (Å²) in [7, 11) is 0. The van der Waals surface area contributed by atoms with Crippen LogP contribution in [0, 0.1) is 13.8 Å². The van der Waals surface area contributed by atoms with Gasteiger partial charge in [0.05, 0.1) is 35.1 Å². The highest BCUT2D eigenvalue weighted by Crippen LogP contribution is 2.41. The average molecular weight is 427 g/mol. The van der Waals surface area contributed by atoms with Gasteiger partial charge in [-0.3, -0.25) is 4.98 Å². The summed E-state index contributed by atoms with van der Waals surface area (Å²) in [5.41, 5.74) is 5.19. The molecule has 5 nitrogen and oxygen atoms in total. The van der Waals surface area contributed by atoms with Crippen molar-refractivity contribution in [3.8, 4) is 5.69 Å². The second-order valence-electron chi connectivity index (χ2n) is 7.16. The molecule has 2 aromatic heterocycles. The predicted octanol–water partition coefficient (Wildman–Crippen LogP) is 4.11. The van der Waals surface area contributed by atoms with Crippen molar-refractivity contribution in [1.29, 1.82) is 0 Å². The van der Waals surface area contributed by atoms with E-state index < -0.39 is 0 Å². The standard InChI is InChI=1S/C22H23ClN4OS/c1-14-13-16(15(2)27(14)19-9-4-3-7-17(19)23)21-20(18-8-5-6-10-24-18)25-22(29)26(21)11-12-28/h3-10,13,20-21,28H,11-12H2,1-2H3,(H,25,29)/t20-,21+/m0/s1. The number of pyridine rings is 1. The lowest BCUT2D eigenvalue weighted by Gasteiger charge is -2.27. The Morgan fingerprint density at radius 2 is 1.93 bits per heavy atom. The Kier molecular flexibility index (Phi) is 5.58. The van der Waals surface area contributed by atoms with E-state index in [2.05, 4.69) is 34.8 Å². The van der Waals surface area contributed by atoms with Crippen LogP contribution in [-0.2, 0) is 0 Å². The largest absolute Gasteiger partial charge is 0.395 e. The summed E-state index contributed by atoms with van der Waals surface area (Å²) in [4.78, 5) is 6.61. The van der Waals surface area contributed by atoms with Gasteiger partial charge in [0.15, 0.2) is 5.11 Å². The maximum atomic E-state index is 9.64. The zero-order valence-corrected chi connectivity index (χ0v) is 17.9. The predicted molar refractivity (Wildman–Crippen MR) is 119 cm³/mol. The first-order valence-corrected chi connectivity index (χ1v) is 10.3. The molecule has 3 heterocycles. The van der Waals surface area contributed by atoms with E-state index in [1.807, 2.05) is 47.4 Å². The maximum Gasteiger partial charge on any atom is 0.170 e. The van der Waals surface area contributed by atoms with E-state index in [-0.39, 0.29) is 18.7 Å². The van der Waals surface area contributed by atoms with Crippen LogP contribution in [0.4, 0.5) is 0 Å². The summed E-state index contributed by atoms with van der Waals surface area (Å²) in [6.45, 7) is 4.65. The van der Waals surface area contributed by atoms with Gasteiger partial charge >= 0.3 is 0 Å². The number of hydrogen-bond donors (Lipinski definition) is 2. The molecule has 0 aliphatic carbocycles. The molecule has 4 rings (SSSR count). The van der Waals surface area contributed by atoms with Crippen LogP contribution in [-0.4, -0.2) is 37.8 Å². The summed E-state index contributed by atoms with van der Waals surface area (Å²) < 4.78 is 2.17. The lowest BCUT2D eigenvalue weighted by atomic mass is 9.97. The van der Waals surface area contributed by atoms with Crippen molar-refractivity contribution in [3.63, 3.8) is 0 Å². The molecule has 1 aromatic carbocycles. The van der Waals surface area contributed by atoms with Crippen LogP contribution in [0.3, 0.4) is 0 Å². The fourth-order valence-corrected chi connectivity index (χ4v) is 4.74. The van der Waals surface area contributed by atoms with Crippen molar-refractivity contribution in [3.05, 3.63) is 82.4 Å². The van der Waals surface area contributed by atoms with Gasteiger partial charge in [0, 0.05) is 24.1 Å². The summed E-state index contributed by atoms with van der Waals surface area (Å²) in [6, 6.07) is 15.7. The van der Waals surface area contributed by atoms with Gasteiger partial charge in [-0.25, -0.2) is 0 Å². The molecule has 2 atom stereocenters. The highest BCUT2D eigenvalue weighted by Gasteiger charge is 2.41. The number of β-amino-alcohol motifs (C(OH)–C–C–N with tert-alkyl or cyclic N) is 1. The number of para-hydroxylation sites is 1. The van der Waals surface area contributed by atoms with Gasteiger partial charge in [-0.1, -0.05) is 29.8 Å². The molecule has 1 aliphatic heterocycles. The Bertz CT molecular complexity index is 1040. The number of thiocarbonyl (C=S) groups is 1. The van der Waals surface area contributed by atoms with Gasteiger partial charge in [-0.15, -0.1) is 0 Å². The molecule has 0 saturated carbocycles. The van der Waals surface area contributed by atoms with E-state index in [0.717, 1.165) is 28.3 Å². The molecule has 0 spiro atoms. The van der Waals surface area contributed by atoms with Crippen molar-refractivity contribution < 1.29 is 5.11 Å². The molecule has 0 unspecified atom stereocenters. The number of aliphatic hydroxyl groups is 1. The van der Waals surface area contributed by atoms with Gasteiger partial charge in [0.25, 0.3) is 0 Å². The van der Waals surface area contributed by atoms with Crippen LogP contribution in [0.25, 0.3) is 5.69 Å². The summed E-state index contributed by atoms with van der Waals surface area (Å²) >= 11 is 12.1. The molecule has 7 heteroatoms. The van der Waals surface area contributed by atoms with Gasteiger partial charge in [0.2, 0.25) is 0 Å². The number of nitrogens with one attached hydrogen (secondary N) is 1. The van der Waals surface area contributed by atoms with Gasteiger partial charge < -0.3 is 19.9 Å². The van der Waals surface area contributed by atoms with Crippen molar-refractivity contribution in [2.75, 3.05) is 13.2 Å². The van der Waals surface area contributed by atoms with Crippen molar-refractivity contribution in [2.24, 2.45) is 0 Å². The van der Waals surface area contributed by atoms with Crippen LogP contribution in [0.15, 0.2) is 54.7 Å². The number of aliphatic hydroxyl groups excluding tert-OH is 1. The summed E-state index contributed by atoms with van der Waals surface area (Å²) in [6.07, 6.45) is 1.79.